The molecule has 0 aliphatic heterocycles. The molecule has 0 amide bonds. The van der Waals surface area contributed by atoms with E-state index in [1.807, 2.05) is 0 Å². The van der Waals surface area contributed by atoms with Crippen molar-refractivity contribution in [3.8, 4) is 0 Å². The van der Waals surface area contributed by atoms with Crippen LogP contribution in [0.3, 0.4) is 0 Å². The van der Waals surface area contributed by atoms with Gasteiger partial charge in [0.15, 0.2) is 0 Å². The molecule has 0 atom stereocenters. The van der Waals surface area contributed by atoms with Gasteiger partial charge in [0.05, 0.1) is 12.2 Å². The van der Waals surface area contributed by atoms with Gasteiger partial charge in [-0.05, 0) is 39.4 Å². The maximum absolute atomic E-state index is 5.78. The molecule has 1 fully saturated rings. The minimum absolute atomic E-state index is 0.00549. The molecule has 0 saturated heterocycles. The fourth-order valence-electron chi connectivity index (χ4n) is 1.39. The van der Waals surface area contributed by atoms with Gasteiger partial charge in [0.2, 0.25) is 0 Å². The SMILES string of the molecule is CC(C)(C)OCC1(CS)CCC1. The molecule has 0 aromatic carbocycles. The van der Waals surface area contributed by atoms with E-state index in [1.165, 1.54) is 19.3 Å². The van der Waals surface area contributed by atoms with Crippen LogP contribution in [0, 0.1) is 5.41 Å². The summed E-state index contributed by atoms with van der Waals surface area (Å²) in [6.07, 6.45) is 3.95. The lowest BCUT2D eigenvalue weighted by molar-refractivity contribution is -0.0688. The van der Waals surface area contributed by atoms with Crippen LogP contribution < -0.4 is 0 Å². The van der Waals surface area contributed by atoms with Gasteiger partial charge in [0.1, 0.15) is 0 Å². The van der Waals surface area contributed by atoms with Crippen molar-refractivity contribution < 1.29 is 4.74 Å². The van der Waals surface area contributed by atoms with Crippen LogP contribution in [0.25, 0.3) is 0 Å². The molecule has 1 aliphatic rings. The first-order valence-corrected chi connectivity index (χ1v) is 5.36. The van der Waals surface area contributed by atoms with Crippen LogP contribution in [-0.2, 0) is 4.74 Å². The Labute approximate surface area is 81.3 Å². The van der Waals surface area contributed by atoms with E-state index in [0.717, 1.165) is 12.4 Å². The topological polar surface area (TPSA) is 9.23 Å². The summed E-state index contributed by atoms with van der Waals surface area (Å²) in [5, 5.41) is 0. The maximum atomic E-state index is 5.78. The van der Waals surface area contributed by atoms with E-state index in [2.05, 4.69) is 33.4 Å². The molecule has 0 spiro atoms. The molecule has 1 aliphatic carbocycles. The molecule has 0 radical (unpaired) electrons. The van der Waals surface area contributed by atoms with Crippen molar-refractivity contribution in [1.82, 2.24) is 0 Å². The highest BCUT2D eigenvalue weighted by Crippen LogP contribution is 2.42. The molecule has 0 aromatic heterocycles. The summed E-state index contributed by atoms with van der Waals surface area (Å²) in [5.74, 6) is 0.975. The molecular formula is C10H20OS. The summed E-state index contributed by atoms with van der Waals surface area (Å²) in [6.45, 7) is 7.22. The minimum Gasteiger partial charge on any atom is -0.375 e. The van der Waals surface area contributed by atoms with E-state index in [9.17, 15) is 0 Å². The van der Waals surface area contributed by atoms with E-state index in [-0.39, 0.29) is 5.60 Å². The lowest BCUT2D eigenvalue weighted by Gasteiger charge is -2.42. The van der Waals surface area contributed by atoms with Crippen LogP contribution in [0.15, 0.2) is 0 Å². The second-order valence-corrected chi connectivity index (χ2v) is 5.23. The highest BCUT2D eigenvalue weighted by Gasteiger charge is 2.36. The fraction of sp³-hybridized carbons (Fsp3) is 1.00. The fourth-order valence-corrected chi connectivity index (χ4v) is 1.80. The van der Waals surface area contributed by atoms with Gasteiger partial charge in [-0.1, -0.05) is 6.42 Å². The molecule has 0 N–H and O–H groups in total. The van der Waals surface area contributed by atoms with Crippen LogP contribution in [0.4, 0.5) is 0 Å². The van der Waals surface area contributed by atoms with Crippen LogP contribution in [0.5, 0.6) is 0 Å². The minimum atomic E-state index is 0.00549. The average Bonchev–Trinajstić information content (AvgIpc) is 1.84. The maximum Gasteiger partial charge on any atom is 0.0598 e. The zero-order chi connectivity index (χ0) is 9.24. The second kappa shape index (κ2) is 3.59. The summed E-state index contributed by atoms with van der Waals surface area (Å²) < 4.78 is 5.78. The summed E-state index contributed by atoms with van der Waals surface area (Å²) in [5.41, 5.74) is 0.419. The number of hydrogen-bond donors (Lipinski definition) is 1. The number of ether oxygens (including phenoxy) is 1. The van der Waals surface area contributed by atoms with Crippen molar-refractivity contribution >= 4 is 12.6 Å². The van der Waals surface area contributed by atoms with Gasteiger partial charge >= 0.3 is 0 Å². The Morgan fingerprint density at radius 2 is 1.92 bits per heavy atom. The standard InChI is InChI=1S/C10H20OS/c1-9(2,3)11-7-10(8-12)5-4-6-10/h12H,4-8H2,1-3H3. The lowest BCUT2D eigenvalue weighted by Crippen LogP contribution is -2.39. The quantitative estimate of drug-likeness (QED) is 0.670. The first-order valence-electron chi connectivity index (χ1n) is 4.72. The van der Waals surface area contributed by atoms with Gasteiger partial charge in [-0.25, -0.2) is 0 Å². The molecule has 12 heavy (non-hydrogen) atoms. The first kappa shape index (κ1) is 10.4. The smallest absolute Gasteiger partial charge is 0.0598 e. The molecule has 0 bridgehead atoms. The zero-order valence-electron chi connectivity index (χ0n) is 8.39. The highest BCUT2D eigenvalue weighted by atomic mass is 32.1. The normalized spacial score (nSPS) is 22.0. The monoisotopic (exact) mass is 188 g/mol. The van der Waals surface area contributed by atoms with Gasteiger partial charge in [-0.3, -0.25) is 0 Å². The highest BCUT2D eigenvalue weighted by molar-refractivity contribution is 7.80. The molecule has 0 heterocycles. The van der Waals surface area contributed by atoms with Crippen LogP contribution >= 0.6 is 12.6 Å². The van der Waals surface area contributed by atoms with Crippen LogP contribution in [0.2, 0.25) is 0 Å². The Morgan fingerprint density at radius 3 is 2.17 bits per heavy atom. The predicted molar refractivity (Wildman–Crippen MR) is 55.8 cm³/mol. The first-order chi connectivity index (χ1) is 5.47. The number of hydrogen-bond acceptors (Lipinski definition) is 2. The molecule has 2 heteroatoms. The Hall–Kier alpha value is 0.310. The Morgan fingerprint density at radius 1 is 1.33 bits per heavy atom. The predicted octanol–water partition coefficient (Wildman–Crippen LogP) is 2.90. The van der Waals surface area contributed by atoms with Crippen molar-refractivity contribution in [2.75, 3.05) is 12.4 Å². The second-order valence-electron chi connectivity index (χ2n) is 4.91. The lowest BCUT2D eigenvalue weighted by atomic mass is 9.71. The van der Waals surface area contributed by atoms with Gasteiger partial charge in [-0.15, -0.1) is 0 Å². The number of thiol groups is 1. The van der Waals surface area contributed by atoms with Gasteiger partial charge in [-0.2, -0.15) is 12.6 Å². The van der Waals surface area contributed by atoms with Gasteiger partial charge < -0.3 is 4.74 Å². The van der Waals surface area contributed by atoms with E-state index < -0.39 is 0 Å². The molecule has 1 saturated carbocycles. The third-order valence-electron chi connectivity index (χ3n) is 2.56. The van der Waals surface area contributed by atoms with E-state index >= 15 is 0 Å². The average molecular weight is 188 g/mol. The molecule has 0 unspecified atom stereocenters. The van der Waals surface area contributed by atoms with Crippen molar-refractivity contribution in [2.24, 2.45) is 5.41 Å². The van der Waals surface area contributed by atoms with Gasteiger partial charge in [0, 0.05) is 5.41 Å². The summed E-state index contributed by atoms with van der Waals surface area (Å²) >= 11 is 4.38. The van der Waals surface area contributed by atoms with Crippen LogP contribution in [0.1, 0.15) is 40.0 Å². The number of rotatable bonds is 3. The third-order valence-corrected chi connectivity index (χ3v) is 3.23. The Balaban J connectivity index is 2.30. The van der Waals surface area contributed by atoms with E-state index in [4.69, 9.17) is 4.74 Å². The van der Waals surface area contributed by atoms with Crippen molar-refractivity contribution in [1.29, 1.82) is 0 Å². The van der Waals surface area contributed by atoms with E-state index in [0.29, 0.717) is 5.41 Å². The summed E-state index contributed by atoms with van der Waals surface area (Å²) in [4.78, 5) is 0. The molecule has 1 rings (SSSR count). The zero-order valence-corrected chi connectivity index (χ0v) is 9.29. The van der Waals surface area contributed by atoms with Crippen molar-refractivity contribution in [3.63, 3.8) is 0 Å². The van der Waals surface area contributed by atoms with Gasteiger partial charge in [0.25, 0.3) is 0 Å². The Kier molecular flexibility index (Phi) is 3.11. The van der Waals surface area contributed by atoms with Crippen molar-refractivity contribution in [3.05, 3.63) is 0 Å². The summed E-state index contributed by atoms with van der Waals surface area (Å²) in [7, 11) is 0. The molecule has 1 nitrogen and oxygen atoms in total. The summed E-state index contributed by atoms with van der Waals surface area (Å²) in [6, 6.07) is 0. The molecule has 72 valence electrons. The van der Waals surface area contributed by atoms with E-state index in [1.54, 1.807) is 0 Å². The molecular weight excluding hydrogens is 168 g/mol. The van der Waals surface area contributed by atoms with Crippen LogP contribution in [-0.4, -0.2) is 18.0 Å². The largest absolute Gasteiger partial charge is 0.375 e. The Bertz CT molecular complexity index is 139. The molecule has 0 aromatic rings. The third kappa shape index (κ3) is 2.67. The van der Waals surface area contributed by atoms with Crippen molar-refractivity contribution in [2.45, 2.75) is 45.6 Å².